The topological polar surface area (TPSA) is 52.5 Å². The van der Waals surface area contributed by atoms with Crippen molar-refractivity contribution in [2.45, 2.75) is 37.8 Å². The summed E-state index contributed by atoms with van der Waals surface area (Å²) >= 11 is 0. The average molecular weight is 239 g/mol. The number of aliphatic hydroxyl groups is 1. The number of phenols is 1. The summed E-state index contributed by atoms with van der Waals surface area (Å²) in [6, 6.07) is 3.98. The molecule has 3 nitrogen and oxygen atoms in total. The zero-order valence-electron chi connectivity index (χ0n) is 9.75. The van der Waals surface area contributed by atoms with Crippen LogP contribution < -0.4 is 5.32 Å². The third kappa shape index (κ3) is 3.41. The lowest BCUT2D eigenvalue weighted by atomic mass is 10.0. The van der Waals surface area contributed by atoms with Gasteiger partial charge in [0.1, 0.15) is 11.6 Å². The molecule has 0 spiro atoms. The first-order chi connectivity index (χ1) is 8.07. The number of rotatable bonds is 4. The van der Waals surface area contributed by atoms with Crippen LogP contribution in [-0.2, 0) is 6.54 Å². The Hall–Kier alpha value is -1.13. The maximum atomic E-state index is 13.0. The maximum absolute atomic E-state index is 13.0. The molecule has 1 fully saturated rings. The van der Waals surface area contributed by atoms with E-state index < -0.39 is 11.4 Å². The zero-order valence-corrected chi connectivity index (χ0v) is 9.75. The highest BCUT2D eigenvalue weighted by molar-refractivity contribution is 5.28. The molecule has 0 radical (unpaired) electrons. The van der Waals surface area contributed by atoms with Gasteiger partial charge in [0.2, 0.25) is 0 Å². The van der Waals surface area contributed by atoms with Crippen LogP contribution in [0, 0.1) is 5.82 Å². The quantitative estimate of drug-likeness (QED) is 0.752. The molecule has 3 N–H and O–H groups in total. The van der Waals surface area contributed by atoms with E-state index in [1.165, 1.54) is 12.1 Å². The smallest absolute Gasteiger partial charge is 0.127 e. The number of hydrogen-bond donors (Lipinski definition) is 3. The van der Waals surface area contributed by atoms with Gasteiger partial charge < -0.3 is 15.5 Å². The predicted molar refractivity (Wildman–Crippen MR) is 63.2 cm³/mol. The molecule has 2 rings (SSSR count). The summed E-state index contributed by atoms with van der Waals surface area (Å²) in [5.41, 5.74) is 0.0825. The monoisotopic (exact) mass is 239 g/mol. The van der Waals surface area contributed by atoms with Gasteiger partial charge in [-0.15, -0.1) is 0 Å². The molecule has 0 bridgehead atoms. The molecule has 1 aromatic carbocycles. The molecular weight excluding hydrogens is 221 g/mol. The van der Waals surface area contributed by atoms with E-state index in [1.807, 2.05) is 0 Å². The summed E-state index contributed by atoms with van der Waals surface area (Å²) in [5, 5.41) is 22.4. The lowest BCUT2D eigenvalue weighted by Gasteiger charge is -2.22. The van der Waals surface area contributed by atoms with Gasteiger partial charge in [-0.2, -0.15) is 0 Å². The molecule has 1 saturated carbocycles. The lowest BCUT2D eigenvalue weighted by molar-refractivity contribution is 0.0475. The van der Waals surface area contributed by atoms with E-state index in [-0.39, 0.29) is 5.75 Å². The van der Waals surface area contributed by atoms with Gasteiger partial charge in [0.05, 0.1) is 5.60 Å². The van der Waals surface area contributed by atoms with Crippen molar-refractivity contribution in [3.8, 4) is 5.75 Å². The average Bonchev–Trinajstić information content (AvgIpc) is 2.64. The summed E-state index contributed by atoms with van der Waals surface area (Å²) in [5.74, 6) is -0.511. The van der Waals surface area contributed by atoms with E-state index in [9.17, 15) is 14.6 Å². The van der Waals surface area contributed by atoms with Crippen molar-refractivity contribution >= 4 is 0 Å². The minimum absolute atomic E-state index is 0.0682. The van der Waals surface area contributed by atoms with Gasteiger partial charge in [0.25, 0.3) is 0 Å². The molecule has 0 aromatic heterocycles. The van der Waals surface area contributed by atoms with Crippen molar-refractivity contribution in [3.05, 3.63) is 29.6 Å². The number of nitrogens with one attached hydrogen (secondary N) is 1. The van der Waals surface area contributed by atoms with Crippen molar-refractivity contribution in [3.63, 3.8) is 0 Å². The molecular formula is C13H18FNO2. The Bertz CT molecular complexity index is 369. The van der Waals surface area contributed by atoms with E-state index in [2.05, 4.69) is 5.32 Å². The normalized spacial score (nSPS) is 18.5. The summed E-state index contributed by atoms with van der Waals surface area (Å²) in [4.78, 5) is 0. The summed E-state index contributed by atoms with van der Waals surface area (Å²) in [7, 11) is 0. The number of benzene rings is 1. The standard InChI is InChI=1S/C13H18FNO2/c14-11-5-10(6-12(16)7-11)8-15-9-13(17)3-1-2-4-13/h5-7,15-17H,1-4,8-9H2. The first kappa shape index (κ1) is 12.3. The van der Waals surface area contributed by atoms with Crippen LogP contribution in [-0.4, -0.2) is 22.4 Å². The fourth-order valence-electron chi connectivity index (χ4n) is 2.38. The van der Waals surface area contributed by atoms with Crippen molar-refractivity contribution < 1.29 is 14.6 Å². The summed E-state index contributed by atoms with van der Waals surface area (Å²) < 4.78 is 13.0. The lowest BCUT2D eigenvalue weighted by Crippen LogP contribution is -2.37. The van der Waals surface area contributed by atoms with Crippen LogP contribution in [0.1, 0.15) is 31.2 Å². The van der Waals surface area contributed by atoms with Gasteiger partial charge >= 0.3 is 0 Å². The van der Waals surface area contributed by atoms with Crippen LogP contribution in [0.3, 0.4) is 0 Å². The summed E-state index contributed by atoms with van der Waals surface area (Å²) in [6.07, 6.45) is 3.79. The molecule has 4 heteroatoms. The second-order valence-electron chi connectivity index (χ2n) is 4.85. The number of phenolic OH excluding ortho intramolecular Hbond substituents is 1. The van der Waals surface area contributed by atoms with Crippen LogP contribution in [0.2, 0.25) is 0 Å². The number of aromatic hydroxyl groups is 1. The van der Waals surface area contributed by atoms with E-state index in [4.69, 9.17) is 0 Å². The Morgan fingerprint density at radius 3 is 2.59 bits per heavy atom. The summed E-state index contributed by atoms with van der Waals surface area (Å²) in [6.45, 7) is 0.970. The first-order valence-corrected chi connectivity index (χ1v) is 5.99. The predicted octanol–water partition coefficient (Wildman–Crippen LogP) is 1.93. The fraction of sp³-hybridized carbons (Fsp3) is 0.538. The van der Waals surface area contributed by atoms with E-state index >= 15 is 0 Å². The molecule has 1 aliphatic rings. The second-order valence-corrected chi connectivity index (χ2v) is 4.85. The van der Waals surface area contributed by atoms with Gasteiger partial charge in [-0.05, 0) is 30.5 Å². The third-order valence-electron chi connectivity index (χ3n) is 3.26. The van der Waals surface area contributed by atoms with Crippen molar-refractivity contribution in [2.24, 2.45) is 0 Å². The molecule has 0 atom stereocenters. The Morgan fingerprint density at radius 1 is 1.24 bits per heavy atom. The van der Waals surface area contributed by atoms with Gasteiger partial charge in [-0.1, -0.05) is 12.8 Å². The van der Waals surface area contributed by atoms with Crippen molar-refractivity contribution in [1.82, 2.24) is 5.32 Å². The SMILES string of the molecule is Oc1cc(F)cc(CNCC2(O)CCCC2)c1. The Balaban J connectivity index is 1.85. The van der Waals surface area contributed by atoms with Gasteiger partial charge in [-0.25, -0.2) is 4.39 Å². The minimum Gasteiger partial charge on any atom is -0.508 e. The van der Waals surface area contributed by atoms with Gasteiger partial charge in [0.15, 0.2) is 0 Å². The Labute approximate surface area is 100 Å². The molecule has 94 valence electrons. The molecule has 1 aromatic rings. The molecule has 0 heterocycles. The first-order valence-electron chi connectivity index (χ1n) is 5.99. The van der Waals surface area contributed by atoms with Crippen molar-refractivity contribution in [1.29, 1.82) is 0 Å². The third-order valence-corrected chi connectivity index (χ3v) is 3.26. The fourth-order valence-corrected chi connectivity index (χ4v) is 2.38. The number of hydrogen-bond acceptors (Lipinski definition) is 3. The van der Waals surface area contributed by atoms with Crippen LogP contribution >= 0.6 is 0 Å². The Morgan fingerprint density at radius 2 is 1.94 bits per heavy atom. The van der Waals surface area contributed by atoms with Crippen LogP contribution in [0.25, 0.3) is 0 Å². The van der Waals surface area contributed by atoms with Crippen LogP contribution in [0.4, 0.5) is 4.39 Å². The maximum Gasteiger partial charge on any atom is 0.127 e. The minimum atomic E-state index is -0.602. The molecule has 0 unspecified atom stereocenters. The highest BCUT2D eigenvalue weighted by Gasteiger charge is 2.30. The van der Waals surface area contributed by atoms with E-state index in [0.29, 0.717) is 18.7 Å². The van der Waals surface area contributed by atoms with Crippen LogP contribution in [0.5, 0.6) is 5.75 Å². The zero-order chi connectivity index (χ0) is 12.3. The largest absolute Gasteiger partial charge is 0.508 e. The van der Waals surface area contributed by atoms with Crippen LogP contribution in [0.15, 0.2) is 18.2 Å². The molecule has 1 aliphatic carbocycles. The van der Waals surface area contributed by atoms with Crippen molar-refractivity contribution in [2.75, 3.05) is 6.54 Å². The molecule has 17 heavy (non-hydrogen) atoms. The van der Waals surface area contributed by atoms with E-state index in [0.717, 1.165) is 31.7 Å². The van der Waals surface area contributed by atoms with E-state index in [1.54, 1.807) is 0 Å². The molecule has 0 saturated heterocycles. The van der Waals surface area contributed by atoms with Gasteiger partial charge in [-0.3, -0.25) is 0 Å². The molecule has 0 aliphatic heterocycles. The van der Waals surface area contributed by atoms with Gasteiger partial charge in [0, 0.05) is 19.2 Å². The highest BCUT2D eigenvalue weighted by atomic mass is 19.1. The number of halogens is 1. The second kappa shape index (κ2) is 5.02. The Kier molecular flexibility index (Phi) is 3.64. The highest BCUT2D eigenvalue weighted by Crippen LogP contribution is 2.28. The molecule has 0 amide bonds.